The summed E-state index contributed by atoms with van der Waals surface area (Å²) in [7, 11) is 0. The van der Waals surface area contributed by atoms with E-state index >= 15 is 0 Å². The Morgan fingerprint density at radius 2 is 2.27 bits per heavy atom. The van der Waals surface area contributed by atoms with Crippen molar-refractivity contribution in [3.63, 3.8) is 0 Å². The molecule has 0 bridgehead atoms. The first-order valence-corrected chi connectivity index (χ1v) is 3.06. The monoisotopic (exact) mass is 159 g/mol. The summed E-state index contributed by atoms with van der Waals surface area (Å²) in [5, 5.41) is 10.3. The van der Waals surface area contributed by atoms with E-state index in [0.717, 1.165) is 0 Å². The molecular weight excluding hydrogens is 150 g/mol. The molecule has 11 heavy (non-hydrogen) atoms. The maximum absolute atomic E-state index is 10.5. The van der Waals surface area contributed by atoms with Crippen molar-refractivity contribution in [3.05, 3.63) is 0 Å². The van der Waals surface area contributed by atoms with Crippen LogP contribution in [-0.2, 0) is 14.3 Å². The highest BCUT2D eigenvalue weighted by Gasteiger charge is 2.07. The van der Waals surface area contributed by atoms with E-state index in [2.05, 4.69) is 9.89 Å². The number of esters is 1. The summed E-state index contributed by atoms with van der Waals surface area (Å²) in [6.45, 7) is 1.88. The summed E-state index contributed by atoms with van der Waals surface area (Å²) in [5.41, 5.74) is 0. The van der Waals surface area contributed by atoms with Crippen LogP contribution in [0.2, 0.25) is 0 Å². The Bertz CT molecular complexity index is 175. The zero-order valence-corrected chi connectivity index (χ0v) is 6.11. The molecule has 62 valence electrons. The molecule has 0 aliphatic carbocycles. The number of nitrogens with zero attached hydrogens (tertiary/aromatic N) is 1. The lowest BCUT2D eigenvalue weighted by molar-refractivity contribution is -0.144. The number of Topliss-reactive ketones (excluding diaryl/α,β-unsaturated/α-hetero) is 1. The van der Waals surface area contributed by atoms with Gasteiger partial charge in [-0.2, -0.15) is 0 Å². The standard InChI is InChI=1S/C6H9NO4/c1-2-11-6(9)3-5(8)4-7-10/h4,10H,2-3H2,1H3. The smallest absolute Gasteiger partial charge is 0.313 e. The Hall–Kier alpha value is -1.39. The largest absolute Gasteiger partial charge is 0.466 e. The molecule has 0 spiro atoms. The molecule has 0 fully saturated rings. The third kappa shape index (κ3) is 5.07. The van der Waals surface area contributed by atoms with Gasteiger partial charge in [-0.15, -0.1) is 0 Å². The molecule has 0 radical (unpaired) electrons. The molecule has 0 aromatic carbocycles. The predicted octanol–water partition coefficient (Wildman–Crippen LogP) is -0.0313. The second kappa shape index (κ2) is 5.40. The summed E-state index contributed by atoms with van der Waals surface area (Å²) in [4.78, 5) is 21.1. The van der Waals surface area contributed by atoms with Crippen molar-refractivity contribution in [1.82, 2.24) is 0 Å². The average molecular weight is 159 g/mol. The fraction of sp³-hybridized carbons (Fsp3) is 0.500. The molecule has 0 atom stereocenters. The zero-order valence-electron chi connectivity index (χ0n) is 6.11. The Morgan fingerprint density at radius 3 is 2.73 bits per heavy atom. The Morgan fingerprint density at radius 1 is 1.64 bits per heavy atom. The molecule has 5 nitrogen and oxygen atoms in total. The van der Waals surface area contributed by atoms with Gasteiger partial charge in [-0.05, 0) is 6.92 Å². The van der Waals surface area contributed by atoms with Crippen LogP contribution in [0.4, 0.5) is 0 Å². The number of rotatable bonds is 4. The zero-order chi connectivity index (χ0) is 8.69. The first kappa shape index (κ1) is 9.61. The van der Waals surface area contributed by atoms with Gasteiger partial charge in [0.25, 0.3) is 0 Å². The Balaban J connectivity index is 3.66. The van der Waals surface area contributed by atoms with E-state index in [-0.39, 0.29) is 13.0 Å². The van der Waals surface area contributed by atoms with Crippen molar-refractivity contribution in [2.24, 2.45) is 5.16 Å². The fourth-order valence-electron chi connectivity index (χ4n) is 0.464. The van der Waals surface area contributed by atoms with Gasteiger partial charge in [-0.3, -0.25) is 9.59 Å². The summed E-state index contributed by atoms with van der Waals surface area (Å²) in [6, 6.07) is 0. The molecule has 0 rings (SSSR count). The summed E-state index contributed by atoms with van der Waals surface area (Å²) >= 11 is 0. The topological polar surface area (TPSA) is 76.0 Å². The lowest BCUT2D eigenvalue weighted by atomic mass is 10.3. The number of carbonyl (C=O) groups is 2. The lowest BCUT2D eigenvalue weighted by Crippen LogP contribution is -2.11. The molecule has 0 aromatic heterocycles. The minimum Gasteiger partial charge on any atom is -0.466 e. The normalized spacial score (nSPS) is 9.91. The SMILES string of the molecule is CCOC(=O)CC(=O)C=NO. The Kier molecular flexibility index (Phi) is 4.72. The van der Waals surface area contributed by atoms with Gasteiger partial charge in [0.15, 0.2) is 5.78 Å². The summed E-state index contributed by atoms with van der Waals surface area (Å²) in [6.07, 6.45) is 0.287. The second-order valence-corrected chi connectivity index (χ2v) is 1.69. The molecule has 5 heteroatoms. The molecule has 1 N–H and O–H groups in total. The van der Waals surface area contributed by atoms with Crippen LogP contribution in [0.25, 0.3) is 0 Å². The van der Waals surface area contributed by atoms with Crippen LogP contribution in [0.5, 0.6) is 0 Å². The highest BCUT2D eigenvalue weighted by molar-refractivity contribution is 6.31. The van der Waals surface area contributed by atoms with Gasteiger partial charge in [0, 0.05) is 0 Å². The maximum atomic E-state index is 10.5. The van der Waals surface area contributed by atoms with Crippen molar-refractivity contribution in [2.45, 2.75) is 13.3 Å². The number of hydrogen-bond acceptors (Lipinski definition) is 5. The van der Waals surface area contributed by atoms with Gasteiger partial charge >= 0.3 is 5.97 Å². The molecule has 0 aliphatic heterocycles. The van der Waals surface area contributed by atoms with E-state index in [1.165, 1.54) is 0 Å². The number of ketones is 1. The van der Waals surface area contributed by atoms with Crippen LogP contribution in [0.3, 0.4) is 0 Å². The van der Waals surface area contributed by atoms with Gasteiger partial charge in [0.05, 0.1) is 6.61 Å². The van der Waals surface area contributed by atoms with E-state index < -0.39 is 11.8 Å². The average Bonchev–Trinajstić information content (AvgIpc) is 1.87. The van der Waals surface area contributed by atoms with E-state index in [4.69, 9.17) is 5.21 Å². The van der Waals surface area contributed by atoms with Crippen molar-refractivity contribution in [2.75, 3.05) is 6.61 Å². The van der Waals surface area contributed by atoms with Gasteiger partial charge in [0.1, 0.15) is 12.6 Å². The summed E-state index contributed by atoms with van der Waals surface area (Å²) in [5.74, 6) is -1.19. The minimum absolute atomic E-state index is 0.238. The molecule has 0 saturated carbocycles. The first-order chi connectivity index (χ1) is 5.20. The van der Waals surface area contributed by atoms with Gasteiger partial charge in [-0.25, -0.2) is 0 Å². The van der Waals surface area contributed by atoms with E-state index in [9.17, 15) is 9.59 Å². The lowest BCUT2D eigenvalue weighted by Gasteiger charge is -1.96. The van der Waals surface area contributed by atoms with E-state index in [1.54, 1.807) is 6.92 Å². The van der Waals surface area contributed by atoms with Crippen LogP contribution >= 0.6 is 0 Å². The number of oxime groups is 1. The molecule has 0 aromatic rings. The quantitative estimate of drug-likeness (QED) is 0.205. The number of hydrogen-bond donors (Lipinski definition) is 1. The fourth-order valence-corrected chi connectivity index (χ4v) is 0.464. The highest BCUT2D eigenvalue weighted by Crippen LogP contribution is 1.86. The van der Waals surface area contributed by atoms with E-state index in [1.807, 2.05) is 0 Å². The number of carbonyl (C=O) groups excluding carboxylic acids is 2. The minimum atomic E-state index is -0.614. The first-order valence-electron chi connectivity index (χ1n) is 3.06. The van der Waals surface area contributed by atoms with Crippen LogP contribution < -0.4 is 0 Å². The third-order valence-electron chi connectivity index (χ3n) is 0.826. The van der Waals surface area contributed by atoms with Crippen molar-refractivity contribution in [1.29, 1.82) is 0 Å². The van der Waals surface area contributed by atoms with Gasteiger partial charge in [0.2, 0.25) is 0 Å². The molecule has 0 saturated heterocycles. The third-order valence-corrected chi connectivity index (χ3v) is 0.826. The van der Waals surface area contributed by atoms with Crippen LogP contribution in [-0.4, -0.2) is 29.8 Å². The van der Waals surface area contributed by atoms with Crippen LogP contribution in [0.15, 0.2) is 5.16 Å². The predicted molar refractivity (Wildman–Crippen MR) is 36.5 cm³/mol. The maximum Gasteiger partial charge on any atom is 0.313 e. The molecule has 0 amide bonds. The van der Waals surface area contributed by atoms with Crippen LogP contribution in [0, 0.1) is 0 Å². The van der Waals surface area contributed by atoms with Crippen molar-refractivity contribution >= 4 is 18.0 Å². The highest BCUT2D eigenvalue weighted by atomic mass is 16.5. The van der Waals surface area contributed by atoms with Gasteiger partial charge in [-0.1, -0.05) is 5.16 Å². The van der Waals surface area contributed by atoms with E-state index in [0.29, 0.717) is 6.21 Å². The van der Waals surface area contributed by atoms with Crippen LogP contribution in [0.1, 0.15) is 13.3 Å². The van der Waals surface area contributed by atoms with Crippen molar-refractivity contribution in [3.8, 4) is 0 Å². The second-order valence-electron chi connectivity index (χ2n) is 1.69. The van der Waals surface area contributed by atoms with Crippen molar-refractivity contribution < 1.29 is 19.5 Å². The Labute approximate surface area is 63.6 Å². The molecule has 0 heterocycles. The molecular formula is C6H9NO4. The molecule has 0 unspecified atom stereocenters. The number of ether oxygens (including phenoxy) is 1. The summed E-state index contributed by atoms with van der Waals surface area (Å²) < 4.78 is 4.46. The molecule has 0 aliphatic rings. The van der Waals surface area contributed by atoms with Gasteiger partial charge < -0.3 is 9.94 Å².